The molecule has 0 aliphatic heterocycles. The van der Waals surface area contributed by atoms with E-state index in [0.717, 1.165) is 0 Å². The minimum Gasteiger partial charge on any atom is -0.357 e. The molecule has 1 rings (SSSR count). The van der Waals surface area contributed by atoms with Crippen molar-refractivity contribution in [2.24, 2.45) is 0 Å². The van der Waals surface area contributed by atoms with Crippen LogP contribution in [0, 0.1) is 0 Å². The Bertz CT molecular complexity index is 145. The molecule has 1 heterocycles. The number of nitrogens with one attached hydrogen (secondary N) is 1. The average Bonchev–Trinajstić information content (AvgIpc) is 1.91. The van der Waals surface area contributed by atoms with E-state index >= 15 is 0 Å². The van der Waals surface area contributed by atoms with E-state index in [0.29, 0.717) is 10.6 Å². The van der Waals surface area contributed by atoms with Gasteiger partial charge < -0.3 is 4.98 Å². The van der Waals surface area contributed by atoms with Crippen LogP contribution in [0.25, 0.3) is 0 Å². The molecule has 0 fully saturated rings. The molecule has 2 radical (unpaired) electrons. The molecule has 0 aliphatic rings. The molecule has 0 amide bonds. The Labute approximate surface area is 48.2 Å². The SMILES string of the molecule is [B]c1[nH]cnc1S. The first-order chi connectivity index (χ1) is 3.30. The third-order valence-corrected chi connectivity index (χ3v) is 1.00. The maximum atomic E-state index is 5.25. The van der Waals surface area contributed by atoms with Crippen molar-refractivity contribution in [3.8, 4) is 0 Å². The van der Waals surface area contributed by atoms with E-state index in [1.807, 2.05) is 0 Å². The van der Waals surface area contributed by atoms with Gasteiger partial charge in [-0.05, 0) is 5.59 Å². The standard InChI is InChI=1S/C3H3BN2S/c4-2-3(7)6-1-5-2/h1,7H,(H,5,6). The Kier molecular flexibility index (Phi) is 1.10. The molecule has 7 heavy (non-hydrogen) atoms. The van der Waals surface area contributed by atoms with Gasteiger partial charge in [0.2, 0.25) is 0 Å². The molecular formula is C3H3BN2S. The molecule has 0 atom stereocenters. The summed E-state index contributed by atoms with van der Waals surface area (Å²) in [4.78, 5) is 6.36. The fourth-order valence-electron chi connectivity index (χ4n) is 0.297. The molecule has 0 spiro atoms. The van der Waals surface area contributed by atoms with Crippen LogP contribution < -0.4 is 5.59 Å². The first-order valence-corrected chi connectivity index (χ1v) is 2.23. The summed E-state index contributed by atoms with van der Waals surface area (Å²) in [6.45, 7) is 0. The zero-order chi connectivity index (χ0) is 5.28. The average molecular weight is 110 g/mol. The fraction of sp³-hybridized carbons (Fsp3) is 0. The Hall–Kier alpha value is -0.375. The number of hydrogen-bond donors (Lipinski definition) is 2. The van der Waals surface area contributed by atoms with Crippen LogP contribution in [0.4, 0.5) is 0 Å². The van der Waals surface area contributed by atoms with Crippen molar-refractivity contribution in [3.63, 3.8) is 0 Å². The minimum atomic E-state index is 0.517. The molecule has 4 heteroatoms. The molecule has 0 saturated heterocycles. The van der Waals surface area contributed by atoms with Crippen LogP contribution in [0.2, 0.25) is 0 Å². The number of rotatable bonds is 0. The predicted molar refractivity (Wildman–Crippen MR) is 31.2 cm³/mol. The molecule has 1 aromatic heterocycles. The summed E-state index contributed by atoms with van der Waals surface area (Å²) in [6.07, 6.45) is 1.50. The van der Waals surface area contributed by atoms with Gasteiger partial charge in [0.1, 0.15) is 12.9 Å². The third-order valence-electron chi connectivity index (χ3n) is 0.648. The highest BCUT2D eigenvalue weighted by Gasteiger charge is 1.88. The molecule has 1 N–H and O–H groups in total. The van der Waals surface area contributed by atoms with E-state index in [1.54, 1.807) is 0 Å². The number of hydrogen-bond acceptors (Lipinski definition) is 2. The van der Waals surface area contributed by atoms with Gasteiger partial charge in [0.25, 0.3) is 0 Å². The smallest absolute Gasteiger partial charge is 0.142 e. The highest BCUT2D eigenvalue weighted by Crippen LogP contribution is 1.89. The Morgan fingerprint density at radius 1 is 1.86 bits per heavy atom. The normalized spacial score (nSPS) is 9.29. The summed E-state index contributed by atoms with van der Waals surface area (Å²) in [5.41, 5.74) is 0.517. The van der Waals surface area contributed by atoms with Crippen LogP contribution >= 0.6 is 12.6 Å². The second-order valence-corrected chi connectivity index (χ2v) is 1.56. The number of aromatic nitrogens is 2. The molecule has 0 saturated carbocycles. The number of aromatic amines is 1. The lowest BCUT2D eigenvalue weighted by atomic mass is 10.1. The maximum absolute atomic E-state index is 5.25. The van der Waals surface area contributed by atoms with Crippen LogP contribution in [0.1, 0.15) is 0 Å². The van der Waals surface area contributed by atoms with Gasteiger partial charge in [0.15, 0.2) is 0 Å². The topological polar surface area (TPSA) is 28.7 Å². The second kappa shape index (κ2) is 1.62. The van der Waals surface area contributed by atoms with Gasteiger partial charge in [-0.25, -0.2) is 4.98 Å². The number of imidazole rings is 1. The summed E-state index contributed by atoms with van der Waals surface area (Å²) in [5, 5.41) is 0.556. The molecule has 0 bridgehead atoms. The van der Waals surface area contributed by atoms with Crippen LogP contribution in [0.5, 0.6) is 0 Å². The van der Waals surface area contributed by atoms with Crippen molar-refractivity contribution in [3.05, 3.63) is 6.33 Å². The Morgan fingerprint density at radius 2 is 2.57 bits per heavy atom. The monoisotopic (exact) mass is 110 g/mol. The van der Waals surface area contributed by atoms with E-state index in [-0.39, 0.29) is 0 Å². The van der Waals surface area contributed by atoms with Crippen molar-refractivity contribution >= 4 is 26.1 Å². The van der Waals surface area contributed by atoms with Gasteiger partial charge >= 0.3 is 0 Å². The zero-order valence-electron chi connectivity index (χ0n) is 3.55. The number of H-pyrrole nitrogens is 1. The van der Waals surface area contributed by atoms with Gasteiger partial charge in [0, 0.05) is 0 Å². The van der Waals surface area contributed by atoms with Gasteiger partial charge in [-0.15, -0.1) is 12.6 Å². The first-order valence-electron chi connectivity index (χ1n) is 1.78. The Balaban J connectivity index is 3.12. The lowest BCUT2D eigenvalue weighted by Crippen LogP contribution is -2.03. The van der Waals surface area contributed by atoms with Crippen LogP contribution in [0.3, 0.4) is 0 Å². The van der Waals surface area contributed by atoms with Gasteiger partial charge in [0.05, 0.1) is 6.33 Å². The minimum absolute atomic E-state index is 0.517. The van der Waals surface area contributed by atoms with E-state index in [4.69, 9.17) is 7.85 Å². The molecule has 0 unspecified atom stereocenters. The molecule has 34 valence electrons. The van der Waals surface area contributed by atoms with Crippen molar-refractivity contribution in [1.29, 1.82) is 0 Å². The van der Waals surface area contributed by atoms with Crippen molar-refractivity contribution in [2.45, 2.75) is 5.03 Å². The highest BCUT2D eigenvalue weighted by molar-refractivity contribution is 7.80. The lowest BCUT2D eigenvalue weighted by Gasteiger charge is -1.78. The summed E-state index contributed by atoms with van der Waals surface area (Å²) in [5.74, 6) is 0. The van der Waals surface area contributed by atoms with Gasteiger partial charge in [-0.3, -0.25) is 0 Å². The second-order valence-electron chi connectivity index (χ2n) is 1.14. The van der Waals surface area contributed by atoms with E-state index < -0.39 is 0 Å². The molecule has 2 nitrogen and oxygen atoms in total. The van der Waals surface area contributed by atoms with E-state index in [1.165, 1.54) is 6.33 Å². The van der Waals surface area contributed by atoms with Crippen molar-refractivity contribution in [2.75, 3.05) is 0 Å². The van der Waals surface area contributed by atoms with Gasteiger partial charge in [-0.2, -0.15) is 0 Å². The first kappa shape index (κ1) is 4.78. The molecular weight excluding hydrogens is 107 g/mol. The summed E-state index contributed by atoms with van der Waals surface area (Å²) in [6, 6.07) is 0. The quantitative estimate of drug-likeness (QED) is 0.341. The van der Waals surface area contributed by atoms with Crippen molar-refractivity contribution < 1.29 is 0 Å². The van der Waals surface area contributed by atoms with Crippen LogP contribution in [-0.2, 0) is 0 Å². The molecule has 0 aromatic carbocycles. The predicted octanol–water partition coefficient (Wildman–Crippen LogP) is -0.508. The number of thiol groups is 1. The van der Waals surface area contributed by atoms with Crippen LogP contribution in [-0.4, -0.2) is 17.8 Å². The largest absolute Gasteiger partial charge is 0.357 e. The van der Waals surface area contributed by atoms with Gasteiger partial charge in [-0.1, -0.05) is 0 Å². The fourth-order valence-corrected chi connectivity index (χ4v) is 0.419. The molecule has 0 aliphatic carbocycles. The zero-order valence-corrected chi connectivity index (χ0v) is 4.44. The number of nitrogens with zero attached hydrogens (tertiary/aromatic N) is 1. The third kappa shape index (κ3) is 0.798. The lowest BCUT2D eigenvalue weighted by molar-refractivity contribution is 1.22. The van der Waals surface area contributed by atoms with E-state index in [2.05, 4.69) is 22.6 Å². The van der Waals surface area contributed by atoms with Crippen LogP contribution in [0.15, 0.2) is 11.4 Å². The van der Waals surface area contributed by atoms with E-state index in [9.17, 15) is 0 Å². The summed E-state index contributed by atoms with van der Waals surface area (Å²) in [7, 11) is 5.25. The summed E-state index contributed by atoms with van der Waals surface area (Å²) < 4.78 is 0. The highest BCUT2D eigenvalue weighted by atomic mass is 32.1. The van der Waals surface area contributed by atoms with Crippen molar-refractivity contribution in [1.82, 2.24) is 9.97 Å². The summed E-state index contributed by atoms with van der Waals surface area (Å²) >= 11 is 3.88. The molecule has 1 aromatic rings. The maximum Gasteiger partial charge on any atom is 0.142 e. The Morgan fingerprint density at radius 3 is 2.71 bits per heavy atom.